The molecule has 0 saturated heterocycles. The van der Waals surface area contributed by atoms with Gasteiger partial charge in [-0.2, -0.15) is 0 Å². The highest BCUT2D eigenvalue weighted by atomic mass is 32.2. The van der Waals surface area contributed by atoms with Gasteiger partial charge in [-0.3, -0.25) is 4.79 Å². The number of nitrogens with two attached hydrogens (primary N) is 1. The maximum absolute atomic E-state index is 11.5. The molecule has 0 spiro atoms. The van der Waals surface area contributed by atoms with E-state index in [0.717, 1.165) is 6.26 Å². The molecule has 1 aromatic rings. The Morgan fingerprint density at radius 2 is 2.05 bits per heavy atom. The number of benzene rings is 1. The summed E-state index contributed by atoms with van der Waals surface area (Å²) in [7, 11) is -3.38. The van der Waals surface area contributed by atoms with Crippen molar-refractivity contribution in [2.45, 2.75) is 0 Å². The Labute approximate surface area is 116 Å². The number of hydrogen-bond acceptors (Lipinski definition) is 5. The summed E-state index contributed by atoms with van der Waals surface area (Å²) < 4.78 is 27.3. The molecule has 0 aliphatic carbocycles. The standard InChI is InChI=1S/C11H14N2O4S2/c1-19(15,16)7-11(14)13-8-4-2-3-5-9(8)17-6-10(12)18/h2-5H,6-7H2,1H3,(H2,12,18)(H,13,14). The van der Waals surface area contributed by atoms with Crippen molar-refractivity contribution < 1.29 is 17.9 Å². The van der Waals surface area contributed by atoms with Crippen molar-refractivity contribution in [3.8, 4) is 5.75 Å². The zero-order chi connectivity index (χ0) is 14.5. The van der Waals surface area contributed by atoms with Crippen LogP contribution in [0.3, 0.4) is 0 Å². The fourth-order valence-corrected chi connectivity index (χ4v) is 1.88. The lowest BCUT2D eigenvalue weighted by molar-refractivity contribution is -0.113. The van der Waals surface area contributed by atoms with Crippen molar-refractivity contribution in [1.29, 1.82) is 0 Å². The second-order valence-corrected chi connectivity index (χ2v) is 6.53. The Morgan fingerprint density at radius 3 is 2.63 bits per heavy atom. The van der Waals surface area contributed by atoms with Gasteiger partial charge >= 0.3 is 0 Å². The Kier molecular flexibility index (Phi) is 5.25. The normalized spacial score (nSPS) is 10.8. The molecule has 0 aliphatic heterocycles. The molecule has 0 bridgehead atoms. The summed E-state index contributed by atoms with van der Waals surface area (Å²) in [6.45, 7) is 0.0360. The van der Waals surface area contributed by atoms with E-state index in [-0.39, 0.29) is 11.6 Å². The molecule has 0 heterocycles. The van der Waals surface area contributed by atoms with Crippen molar-refractivity contribution in [1.82, 2.24) is 0 Å². The van der Waals surface area contributed by atoms with Crippen LogP contribution in [-0.4, -0.2) is 37.9 Å². The van der Waals surface area contributed by atoms with Crippen molar-refractivity contribution in [2.75, 3.05) is 23.9 Å². The molecule has 1 amide bonds. The van der Waals surface area contributed by atoms with E-state index in [2.05, 4.69) is 17.5 Å². The van der Waals surface area contributed by atoms with E-state index in [0.29, 0.717) is 11.4 Å². The molecule has 0 fully saturated rings. The number of anilines is 1. The number of rotatable bonds is 6. The van der Waals surface area contributed by atoms with Crippen LogP contribution in [0.1, 0.15) is 0 Å². The first-order valence-electron chi connectivity index (χ1n) is 5.25. The van der Waals surface area contributed by atoms with Crippen molar-refractivity contribution in [3.63, 3.8) is 0 Å². The largest absolute Gasteiger partial charge is 0.484 e. The van der Waals surface area contributed by atoms with Gasteiger partial charge in [0.1, 0.15) is 23.1 Å². The Bertz CT molecular complexity index is 584. The fraction of sp³-hybridized carbons (Fsp3) is 0.273. The first-order chi connectivity index (χ1) is 8.78. The number of carbonyl (C=O) groups is 1. The third-order valence-corrected chi connectivity index (χ3v) is 2.83. The van der Waals surface area contributed by atoms with Crippen LogP contribution >= 0.6 is 12.2 Å². The molecule has 1 rings (SSSR count). The molecule has 8 heteroatoms. The number of para-hydroxylation sites is 2. The summed E-state index contributed by atoms with van der Waals surface area (Å²) in [6.07, 6.45) is 0.988. The monoisotopic (exact) mass is 302 g/mol. The lowest BCUT2D eigenvalue weighted by Gasteiger charge is -2.11. The second kappa shape index (κ2) is 6.48. The van der Waals surface area contributed by atoms with Crippen molar-refractivity contribution in [2.24, 2.45) is 5.73 Å². The Balaban J connectivity index is 2.77. The van der Waals surface area contributed by atoms with E-state index in [1.807, 2.05) is 0 Å². The highest BCUT2D eigenvalue weighted by molar-refractivity contribution is 7.91. The van der Waals surface area contributed by atoms with E-state index < -0.39 is 21.5 Å². The van der Waals surface area contributed by atoms with Crippen LogP contribution in [0.4, 0.5) is 5.69 Å². The van der Waals surface area contributed by atoms with Gasteiger partial charge in [0.25, 0.3) is 0 Å². The minimum atomic E-state index is -3.38. The molecular formula is C11H14N2O4S2. The lowest BCUT2D eigenvalue weighted by atomic mass is 10.3. The molecule has 0 saturated carbocycles. The topological polar surface area (TPSA) is 98.5 Å². The van der Waals surface area contributed by atoms with E-state index in [9.17, 15) is 13.2 Å². The highest BCUT2D eigenvalue weighted by Gasteiger charge is 2.13. The van der Waals surface area contributed by atoms with Crippen LogP contribution in [0.5, 0.6) is 5.75 Å². The average molecular weight is 302 g/mol. The number of sulfone groups is 1. The average Bonchev–Trinajstić information content (AvgIpc) is 2.25. The summed E-state index contributed by atoms with van der Waals surface area (Å²) >= 11 is 4.68. The first kappa shape index (κ1) is 15.4. The Hall–Kier alpha value is -1.67. The lowest BCUT2D eigenvalue weighted by Crippen LogP contribution is -2.23. The molecule has 104 valence electrons. The van der Waals surface area contributed by atoms with Crippen LogP contribution in [0.15, 0.2) is 24.3 Å². The quantitative estimate of drug-likeness (QED) is 0.735. The number of amides is 1. The number of ether oxygens (including phenoxy) is 1. The number of thiocarbonyl (C=S) groups is 1. The van der Waals surface area contributed by atoms with Crippen LogP contribution in [0.2, 0.25) is 0 Å². The van der Waals surface area contributed by atoms with E-state index in [4.69, 9.17) is 10.5 Å². The third-order valence-electron chi connectivity index (χ3n) is 1.92. The number of nitrogens with one attached hydrogen (secondary N) is 1. The fourth-order valence-electron chi connectivity index (χ4n) is 1.27. The predicted molar refractivity (Wildman–Crippen MR) is 77.1 cm³/mol. The smallest absolute Gasteiger partial charge is 0.239 e. The summed E-state index contributed by atoms with van der Waals surface area (Å²) in [5.41, 5.74) is 5.68. The second-order valence-electron chi connectivity index (χ2n) is 3.87. The maximum atomic E-state index is 11.5. The minimum Gasteiger partial charge on any atom is -0.484 e. The van der Waals surface area contributed by atoms with E-state index in [1.54, 1.807) is 24.3 Å². The molecular weight excluding hydrogens is 288 g/mol. The van der Waals surface area contributed by atoms with Crippen molar-refractivity contribution >= 4 is 38.6 Å². The molecule has 3 N–H and O–H groups in total. The highest BCUT2D eigenvalue weighted by Crippen LogP contribution is 2.23. The van der Waals surface area contributed by atoms with E-state index in [1.165, 1.54) is 0 Å². The SMILES string of the molecule is CS(=O)(=O)CC(=O)Nc1ccccc1OCC(N)=S. The van der Waals surface area contributed by atoms with E-state index >= 15 is 0 Å². The molecule has 0 unspecified atom stereocenters. The van der Waals surface area contributed by atoms with Crippen LogP contribution in [0.25, 0.3) is 0 Å². The maximum Gasteiger partial charge on any atom is 0.239 e. The van der Waals surface area contributed by atoms with Gasteiger partial charge in [-0.1, -0.05) is 24.4 Å². The van der Waals surface area contributed by atoms with Crippen LogP contribution in [0, 0.1) is 0 Å². The predicted octanol–water partition coefficient (Wildman–Crippen LogP) is 0.335. The molecule has 0 atom stereocenters. The van der Waals surface area contributed by atoms with Gasteiger partial charge in [0, 0.05) is 6.26 Å². The molecule has 0 aliphatic rings. The van der Waals surface area contributed by atoms with Gasteiger partial charge in [0.2, 0.25) is 5.91 Å². The van der Waals surface area contributed by atoms with Gasteiger partial charge in [0.05, 0.1) is 5.69 Å². The van der Waals surface area contributed by atoms with Crippen LogP contribution < -0.4 is 15.8 Å². The minimum absolute atomic E-state index is 0.0360. The molecule has 19 heavy (non-hydrogen) atoms. The summed E-state index contributed by atoms with van der Waals surface area (Å²) in [4.78, 5) is 11.7. The number of carbonyl (C=O) groups excluding carboxylic acids is 1. The molecule has 0 radical (unpaired) electrons. The van der Waals surface area contributed by atoms with Gasteiger partial charge in [-0.25, -0.2) is 8.42 Å². The first-order valence-corrected chi connectivity index (χ1v) is 7.72. The zero-order valence-electron chi connectivity index (χ0n) is 10.3. The van der Waals surface area contributed by atoms with Gasteiger partial charge in [-0.05, 0) is 12.1 Å². The van der Waals surface area contributed by atoms with Gasteiger partial charge < -0.3 is 15.8 Å². The van der Waals surface area contributed by atoms with Gasteiger partial charge in [0.15, 0.2) is 9.84 Å². The summed E-state index contributed by atoms with van der Waals surface area (Å²) in [5.74, 6) is -0.845. The zero-order valence-corrected chi connectivity index (χ0v) is 11.9. The third kappa shape index (κ3) is 6.16. The molecule has 6 nitrogen and oxygen atoms in total. The molecule has 0 aromatic heterocycles. The summed E-state index contributed by atoms with van der Waals surface area (Å²) in [5, 5.41) is 2.46. The number of hydrogen-bond donors (Lipinski definition) is 2. The summed E-state index contributed by atoms with van der Waals surface area (Å²) in [6, 6.07) is 6.61. The Morgan fingerprint density at radius 1 is 1.42 bits per heavy atom. The van der Waals surface area contributed by atoms with Gasteiger partial charge in [-0.15, -0.1) is 0 Å². The van der Waals surface area contributed by atoms with Crippen LogP contribution in [-0.2, 0) is 14.6 Å². The van der Waals surface area contributed by atoms with Crippen molar-refractivity contribution in [3.05, 3.63) is 24.3 Å². The molecule has 1 aromatic carbocycles.